The number of ether oxygens (including phenoxy) is 1. The van der Waals surface area contributed by atoms with Crippen LogP contribution in [0.25, 0.3) is 0 Å². The van der Waals surface area contributed by atoms with Crippen LogP contribution in [0.5, 0.6) is 0 Å². The molecule has 2 fully saturated rings. The van der Waals surface area contributed by atoms with Crippen LogP contribution in [0.2, 0.25) is 0 Å². The van der Waals surface area contributed by atoms with Gasteiger partial charge in [0.1, 0.15) is 0 Å². The number of hydrogen-bond donors (Lipinski definition) is 1. The second kappa shape index (κ2) is 8.43. The van der Waals surface area contributed by atoms with E-state index in [1.807, 2.05) is 0 Å². The van der Waals surface area contributed by atoms with Gasteiger partial charge in [0.15, 0.2) is 0 Å². The van der Waals surface area contributed by atoms with Gasteiger partial charge in [0, 0.05) is 26.2 Å². The number of piperidine rings is 1. The highest BCUT2D eigenvalue weighted by atomic mass is 16.5. The minimum absolute atomic E-state index is 0.281. The van der Waals surface area contributed by atoms with E-state index in [-0.39, 0.29) is 6.10 Å². The van der Waals surface area contributed by atoms with Crippen molar-refractivity contribution in [3.05, 3.63) is 34.9 Å². The van der Waals surface area contributed by atoms with E-state index < -0.39 is 6.10 Å². The largest absolute Gasteiger partial charge is 0.387 e. The Kier molecular flexibility index (Phi) is 6.28. The number of nitrogens with zero attached hydrogens (tertiary/aromatic N) is 2. The van der Waals surface area contributed by atoms with Crippen LogP contribution in [0.4, 0.5) is 0 Å². The highest BCUT2D eigenvalue weighted by Crippen LogP contribution is 2.21. The van der Waals surface area contributed by atoms with Crippen LogP contribution in [0.15, 0.2) is 18.2 Å². The van der Waals surface area contributed by atoms with Gasteiger partial charge >= 0.3 is 0 Å². The van der Waals surface area contributed by atoms with Crippen LogP contribution in [0.1, 0.15) is 42.1 Å². The Morgan fingerprint density at radius 1 is 1.12 bits per heavy atom. The molecule has 0 aromatic heterocycles. The maximum atomic E-state index is 10.7. The van der Waals surface area contributed by atoms with Crippen molar-refractivity contribution >= 4 is 0 Å². The lowest BCUT2D eigenvalue weighted by Crippen LogP contribution is -2.49. The standard InChI is InChI=1S/C20H32N2O2/c1-16-6-7-19(17(2)12-16)20(23)15-22-10-11-24-18(14-22)13-21-8-4-3-5-9-21/h6-7,12,18,20,23H,3-5,8-11,13-15H2,1-2H3/t18-,20-/m1/s1. The lowest BCUT2D eigenvalue weighted by Gasteiger charge is -2.37. The minimum atomic E-state index is -0.417. The van der Waals surface area contributed by atoms with Gasteiger partial charge in [-0.25, -0.2) is 0 Å². The van der Waals surface area contributed by atoms with Gasteiger partial charge in [-0.2, -0.15) is 0 Å². The van der Waals surface area contributed by atoms with E-state index in [2.05, 4.69) is 41.8 Å². The molecule has 0 aliphatic carbocycles. The number of β-amino-alcohol motifs (C(OH)–C–C–N with tert-alkyl or cyclic N) is 1. The number of aliphatic hydroxyl groups is 1. The summed E-state index contributed by atoms with van der Waals surface area (Å²) in [7, 11) is 0. The van der Waals surface area contributed by atoms with Gasteiger partial charge in [0.2, 0.25) is 0 Å². The first-order valence-electron chi connectivity index (χ1n) is 9.43. The monoisotopic (exact) mass is 332 g/mol. The fraction of sp³-hybridized carbons (Fsp3) is 0.700. The Morgan fingerprint density at radius 3 is 2.67 bits per heavy atom. The van der Waals surface area contributed by atoms with Crippen molar-refractivity contribution in [2.24, 2.45) is 0 Å². The van der Waals surface area contributed by atoms with Crippen LogP contribution in [-0.2, 0) is 4.74 Å². The van der Waals surface area contributed by atoms with Crippen LogP contribution in [-0.4, -0.2) is 66.9 Å². The summed E-state index contributed by atoms with van der Waals surface area (Å²) in [6.45, 7) is 11.0. The van der Waals surface area contributed by atoms with Crippen molar-refractivity contribution in [3.8, 4) is 0 Å². The number of benzene rings is 1. The Morgan fingerprint density at radius 2 is 1.92 bits per heavy atom. The van der Waals surface area contributed by atoms with Crippen molar-refractivity contribution < 1.29 is 9.84 Å². The summed E-state index contributed by atoms with van der Waals surface area (Å²) in [6.07, 6.45) is 3.88. The maximum Gasteiger partial charge on any atom is 0.0919 e. The fourth-order valence-corrected chi connectivity index (χ4v) is 4.03. The molecule has 2 heterocycles. The molecule has 1 N–H and O–H groups in total. The molecule has 24 heavy (non-hydrogen) atoms. The molecule has 0 radical (unpaired) electrons. The third-order valence-electron chi connectivity index (χ3n) is 5.35. The van der Waals surface area contributed by atoms with Gasteiger partial charge in [-0.05, 0) is 50.9 Å². The number of hydrogen-bond acceptors (Lipinski definition) is 4. The van der Waals surface area contributed by atoms with Gasteiger partial charge in [0.05, 0.1) is 18.8 Å². The van der Waals surface area contributed by atoms with E-state index in [1.165, 1.54) is 43.5 Å². The minimum Gasteiger partial charge on any atom is -0.387 e. The second-order valence-corrected chi connectivity index (χ2v) is 7.49. The first-order valence-corrected chi connectivity index (χ1v) is 9.43. The van der Waals surface area contributed by atoms with Crippen molar-refractivity contribution in [2.75, 3.05) is 45.9 Å². The van der Waals surface area contributed by atoms with Crippen molar-refractivity contribution in [1.82, 2.24) is 9.80 Å². The van der Waals surface area contributed by atoms with Crippen molar-refractivity contribution in [1.29, 1.82) is 0 Å². The van der Waals surface area contributed by atoms with Crippen molar-refractivity contribution in [3.63, 3.8) is 0 Å². The van der Waals surface area contributed by atoms with E-state index in [0.29, 0.717) is 6.54 Å². The highest BCUT2D eigenvalue weighted by Gasteiger charge is 2.25. The average Bonchev–Trinajstić information content (AvgIpc) is 2.56. The topological polar surface area (TPSA) is 35.9 Å². The number of aliphatic hydroxyl groups excluding tert-OH is 1. The zero-order valence-corrected chi connectivity index (χ0v) is 15.2. The third-order valence-corrected chi connectivity index (χ3v) is 5.35. The van der Waals surface area contributed by atoms with E-state index in [9.17, 15) is 5.11 Å². The van der Waals surface area contributed by atoms with Gasteiger partial charge in [-0.15, -0.1) is 0 Å². The summed E-state index contributed by atoms with van der Waals surface area (Å²) in [5, 5.41) is 10.7. The Balaban J connectivity index is 1.52. The molecular formula is C20H32N2O2. The molecule has 2 saturated heterocycles. The summed E-state index contributed by atoms with van der Waals surface area (Å²) in [5.41, 5.74) is 3.48. The first kappa shape index (κ1) is 17.9. The van der Waals surface area contributed by atoms with E-state index in [1.54, 1.807) is 0 Å². The molecule has 1 aromatic carbocycles. The molecule has 0 amide bonds. The third kappa shape index (κ3) is 4.79. The molecule has 0 bridgehead atoms. The number of morpholine rings is 1. The van der Waals surface area contributed by atoms with Gasteiger partial charge in [-0.1, -0.05) is 30.2 Å². The summed E-state index contributed by atoms with van der Waals surface area (Å²) < 4.78 is 5.97. The van der Waals surface area contributed by atoms with Crippen LogP contribution in [0.3, 0.4) is 0 Å². The summed E-state index contributed by atoms with van der Waals surface area (Å²) in [6, 6.07) is 6.31. The number of aryl methyl sites for hydroxylation is 2. The maximum absolute atomic E-state index is 10.7. The zero-order valence-electron chi connectivity index (χ0n) is 15.2. The molecule has 134 valence electrons. The van der Waals surface area contributed by atoms with Gasteiger partial charge < -0.3 is 14.7 Å². The second-order valence-electron chi connectivity index (χ2n) is 7.49. The predicted octanol–water partition coefficient (Wildman–Crippen LogP) is 2.52. The molecule has 4 heteroatoms. The lowest BCUT2D eigenvalue weighted by molar-refractivity contribution is -0.0550. The van der Waals surface area contributed by atoms with E-state index in [0.717, 1.165) is 31.8 Å². The summed E-state index contributed by atoms with van der Waals surface area (Å²) in [5.74, 6) is 0. The number of likely N-dealkylation sites (tertiary alicyclic amines) is 1. The van der Waals surface area contributed by atoms with E-state index in [4.69, 9.17) is 4.74 Å². The summed E-state index contributed by atoms with van der Waals surface area (Å²) in [4.78, 5) is 4.90. The molecule has 1 aromatic rings. The molecule has 2 atom stereocenters. The highest BCUT2D eigenvalue weighted by molar-refractivity contribution is 5.32. The molecule has 4 nitrogen and oxygen atoms in total. The molecule has 0 spiro atoms. The Hall–Kier alpha value is -0.940. The van der Waals surface area contributed by atoms with Gasteiger partial charge in [-0.3, -0.25) is 4.90 Å². The molecule has 0 unspecified atom stereocenters. The lowest BCUT2D eigenvalue weighted by atomic mass is 10.0. The van der Waals surface area contributed by atoms with Crippen LogP contribution in [0, 0.1) is 13.8 Å². The van der Waals surface area contributed by atoms with E-state index >= 15 is 0 Å². The Bertz CT molecular complexity index is 528. The molecular weight excluding hydrogens is 300 g/mol. The average molecular weight is 332 g/mol. The predicted molar refractivity (Wildman–Crippen MR) is 97.3 cm³/mol. The normalized spacial score (nSPS) is 24.9. The SMILES string of the molecule is Cc1ccc([C@H](O)CN2CCO[C@H](CN3CCCCC3)C2)c(C)c1. The zero-order chi connectivity index (χ0) is 16.9. The molecule has 0 saturated carbocycles. The first-order chi connectivity index (χ1) is 11.6. The molecule has 3 rings (SSSR count). The van der Waals surface area contributed by atoms with Crippen molar-refractivity contribution in [2.45, 2.75) is 45.3 Å². The molecule has 2 aliphatic heterocycles. The smallest absolute Gasteiger partial charge is 0.0919 e. The van der Waals surface area contributed by atoms with Crippen LogP contribution < -0.4 is 0 Å². The Labute approximate surface area is 146 Å². The van der Waals surface area contributed by atoms with Crippen LogP contribution >= 0.6 is 0 Å². The number of rotatable bonds is 5. The fourth-order valence-electron chi connectivity index (χ4n) is 4.03. The van der Waals surface area contributed by atoms with Gasteiger partial charge in [0.25, 0.3) is 0 Å². The quantitative estimate of drug-likeness (QED) is 0.899. The summed E-state index contributed by atoms with van der Waals surface area (Å²) >= 11 is 0. The molecule has 2 aliphatic rings.